The molecule has 1 N–H and O–H groups in total. The Hall–Kier alpha value is -3.51. The summed E-state index contributed by atoms with van der Waals surface area (Å²) in [4.78, 5) is 12.6. The number of benzene rings is 3. The van der Waals surface area contributed by atoms with E-state index in [-0.39, 0.29) is 5.91 Å². The van der Waals surface area contributed by atoms with Crippen LogP contribution < -0.4 is 19.5 Å². The van der Waals surface area contributed by atoms with E-state index in [0.717, 1.165) is 5.75 Å². The maximum atomic E-state index is 12.6. The van der Waals surface area contributed by atoms with Crippen LogP contribution in [0.4, 0.5) is 5.69 Å². The summed E-state index contributed by atoms with van der Waals surface area (Å²) in [6, 6.07) is 23.9. The highest BCUT2D eigenvalue weighted by Crippen LogP contribution is 2.24. The fourth-order valence-corrected chi connectivity index (χ4v) is 2.78. The largest absolute Gasteiger partial charge is 0.491 e. The Morgan fingerprint density at radius 3 is 2.06 bits per heavy atom. The van der Waals surface area contributed by atoms with Gasteiger partial charge >= 0.3 is 0 Å². The van der Waals surface area contributed by atoms with Crippen LogP contribution in [0.2, 0.25) is 0 Å². The summed E-state index contributed by atoms with van der Waals surface area (Å²) in [5.41, 5.74) is 1.13. The van der Waals surface area contributed by atoms with Gasteiger partial charge in [-0.2, -0.15) is 0 Å². The monoisotopic (exact) mass is 421 g/mol. The van der Waals surface area contributed by atoms with Gasteiger partial charge in [0.15, 0.2) is 0 Å². The Morgan fingerprint density at radius 1 is 0.710 bits per heavy atom. The molecule has 0 heterocycles. The Morgan fingerprint density at radius 2 is 1.32 bits per heavy atom. The molecule has 0 fully saturated rings. The van der Waals surface area contributed by atoms with Crippen molar-refractivity contribution in [1.29, 1.82) is 0 Å². The number of nitrogens with one attached hydrogen (secondary N) is 1. The van der Waals surface area contributed by atoms with Crippen molar-refractivity contribution in [2.75, 3.05) is 38.4 Å². The van der Waals surface area contributed by atoms with Crippen LogP contribution >= 0.6 is 0 Å². The van der Waals surface area contributed by atoms with Gasteiger partial charge in [0.1, 0.15) is 37.1 Å². The molecule has 0 unspecified atom stereocenters. The quantitative estimate of drug-likeness (QED) is 0.425. The van der Waals surface area contributed by atoms with Crippen molar-refractivity contribution in [3.05, 3.63) is 84.4 Å². The standard InChI is InChI=1S/C25H27NO5/c1-2-28-16-17-29-22-14-12-20(13-15-22)25(27)26-23-10-6-7-11-24(23)31-19-18-30-21-8-4-3-5-9-21/h3-15H,2,16-19H2,1H3,(H,26,27). The summed E-state index contributed by atoms with van der Waals surface area (Å²) in [7, 11) is 0. The van der Waals surface area contributed by atoms with E-state index >= 15 is 0 Å². The minimum Gasteiger partial charge on any atom is -0.491 e. The third-order valence-corrected chi connectivity index (χ3v) is 4.31. The first-order chi connectivity index (χ1) is 15.3. The van der Waals surface area contributed by atoms with Crippen LogP contribution in [0, 0.1) is 0 Å². The third-order valence-electron chi connectivity index (χ3n) is 4.31. The van der Waals surface area contributed by atoms with Gasteiger partial charge in [0, 0.05) is 12.2 Å². The summed E-state index contributed by atoms with van der Waals surface area (Å²) in [6.45, 7) is 4.36. The van der Waals surface area contributed by atoms with Crippen molar-refractivity contribution >= 4 is 11.6 Å². The number of hydrogen-bond acceptors (Lipinski definition) is 5. The van der Waals surface area contributed by atoms with E-state index in [1.807, 2.05) is 55.5 Å². The minimum atomic E-state index is -0.225. The lowest BCUT2D eigenvalue weighted by molar-refractivity contribution is 0.102. The summed E-state index contributed by atoms with van der Waals surface area (Å²) in [5, 5.41) is 2.90. The summed E-state index contributed by atoms with van der Waals surface area (Å²) < 4.78 is 22.3. The van der Waals surface area contributed by atoms with Gasteiger partial charge in [-0.15, -0.1) is 0 Å². The van der Waals surface area contributed by atoms with E-state index in [1.165, 1.54) is 0 Å². The molecule has 0 atom stereocenters. The second-order valence-corrected chi connectivity index (χ2v) is 6.53. The highest BCUT2D eigenvalue weighted by molar-refractivity contribution is 6.05. The normalized spacial score (nSPS) is 10.4. The van der Waals surface area contributed by atoms with Gasteiger partial charge in [0.2, 0.25) is 0 Å². The zero-order valence-electron chi connectivity index (χ0n) is 17.6. The van der Waals surface area contributed by atoms with Crippen molar-refractivity contribution in [1.82, 2.24) is 0 Å². The molecule has 0 aromatic heterocycles. The van der Waals surface area contributed by atoms with Gasteiger partial charge in [-0.05, 0) is 55.5 Å². The number of anilines is 1. The second-order valence-electron chi connectivity index (χ2n) is 6.53. The molecule has 0 saturated heterocycles. The summed E-state index contributed by atoms with van der Waals surface area (Å²) in [5.74, 6) is 1.84. The number of ether oxygens (including phenoxy) is 4. The second kappa shape index (κ2) is 12.2. The Bertz CT molecular complexity index is 928. The molecule has 3 rings (SSSR count). The van der Waals surface area contributed by atoms with Crippen LogP contribution in [0.15, 0.2) is 78.9 Å². The number of carbonyl (C=O) groups is 1. The predicted molar refractivity (Wildman–Crippen MR) is 120 cm³/mol. The molecule has 3 aromatic rings. The molecule has 0 aliphatic carbocycles. The molecule has 6 heteroatoms. The number of amides is 1. The van der Waals surface area contributed by atoms with Crippen LogP contribution in [0.5, 0.6) is 17.2 Å². The van der Waals surface area contributed by atoms with E-state index < -0.39 is 0 Å². The predicted octanol–water partition coefficient (Wildman–Crippen LogP) is 4.81. The Labute approximate surface area is 182 Å². The molecule has 0 aliphatic heterocycles. The SMILES string of the molecule is CCOCCOc1ccc(C(=O)Nc2ccccc2OCCOc2ccccc2)cc1. The van der Waals surface area contributed by atoms with Crippen LogP contribution in [0.1, 0.15) is 17.3 Å². The van der Waals surface area contributed by atoms with E-state index in [0.29, 0.717) is 55.8 Å². The zero-order valence-corrected chi connectivity index (χ0v) is 17.6. The molecule has 31 heavy (non-hydrogen) atoms. The number of para-hydroxylation sites is 3. The maximum absolute atomic E-state index is 12.6. The van der Waals surface area contributed by atoms with Gasteiger partial charge in [-0.1, -0.05) is 30.3 Å². The first-order valence-electron chi connectivity index (χ1n) is 10.3. The zero-order chi connectivity index (χ0) is 21.7. The summed E-state index contributed by atoms with van der Waals surface area (Å²) in [6.07, 6.45) is 0. The fraction of sp³-hybridized carbons (Fsp3) is 0.240. The highest BCUT2D eigenvalue weighted by Gasteiger charge is 2.10. The highest BCUT2D eigenvalue weighted by atomic mass is 16.5. The van der Waals surface area contributed by atoms with Crippen molar-refractivity contribution in [2.24, 2.45) is 0 Å². The molecule has 0 aliphatic rings. The van der Waals surface area contributed by atoms with Crippen molar-refractivity contribution in [2.45, 2.75) is 6.92 Å². The van der Waals surface area contributed by atoms with Crippen LogP contribution in [0.25, 0.3) is 0 Å². The molecule has 6 nitrogen and oxygen atoms in total. The molecule has 162 valence electrons. The molecule has 3 aromatic carbocycles. The Balaban J connectivity index is 1.50. The maximum Gasteiger partial charge on any atom is 0.255 e. The minimum absolute atomic E-state index is 0.225. The molecule has 1 amide bonds. The van der Waals surface area contributed by atoms with Crippen LogP contribution in [-0.4, -0.2) is 38.9 Å². The molecule has 0 saturated carbocycles. The van der Waals surface area contributed by atoms with E-state index in [2.05, 4.69) is 5.32 Å². The molecule has 0 radical (unpaired) electrons. The lowest BCUT2D eigenvalue weighted by Crippen LogP contribution is -2.14. The smallest absolute Gasteiger partial charge is 0.255 e. The fourth-order valence-electron chi connectivity index (χ4n) is 2.78. The average molecular weight is 421 g/mol. The third kappa shape index (κ3) is 7.35. The first kappa shape index (κ1) is 22.2. The van der Waals surface area contributed by atoms with Crippen LogP contribution in [0.3, 0.4) is 0 Å². The van der Waals surface area contributed by atoms with Crippen molar-refractivity contribution in [3.63, 3.8) is 0 Å². The summed E-state index contributed by atoms with van der Waals surface area (Å²) >= 11 is 0. The Kier molecular flexibility index (Phi) is 8.76. The van der Waals surface area contributed by atoms with E-state index in [4.69, 9.17) is 18.9 Å². The molecular weight excluding hydrogens is 394 g/mol. The molecule has 0 bridgehead atoms. The number of hydrogen-bond donors (Lipinski definition) is 1. The van der Waals surface area contributed by atoms with Crippen LogP contribution in [-0.2, 0) is 4.74 Å². The number of carbonyl (C=O) groups excluding carboxylic acids is 1. The van der Waals surface area contributed by atoms with Gasteiger partial charge < -0.3 is 24.3 Å². The van der Waals surface area contributed by atoms with Gasteiger partial charge in [0.05, 0.1) is 12.3 Å². The molecular formula is C25H27NO5. The first-order valence-corrected chi connectivity index (χ1v) is 10.3. The van der Waals surface area contributed by atoms with E-state index in [1.54, 1.807) is 30.3 Å². The molecule has 0 spiro atoms. The average Bonchev–Trinajstić information content (AvgIpc) is 2.81. The van der Waals surface area contributed by atoms with Gasteiger partial charge in [-0.25, -0.2) is 0 Å². The lowest BCUT2D eigenvalue weighted by atomic mass is 10.2. The van der Waals surface area contributed by atoms with E-state index in [9.17, 15) is 4.79 Å². The lowest BCUT2D eigenvalue weighted by Gasteiger charge is -2.13. The topological polar surface area (TPSA) is 66.0 Å². The van der Waals surface area contributed by atoms with Gasteiger partial charge in [0.25, 0.3) is 5.91 Å². The number of rotatable bonds is 12. The van der Waals surface area contributed by atoms with Crippen molar-refractivity contribution < 1.29 is 23.7 Å². The van der Waals surface area contributed by atoms with Crippen molar-refractivity contribution in [3.8, 4) is 17.2 Å². The van der Waals surface area contributed by atoms with Gasteiger partial charge in [-0.3, -0.25) is 4.79 Å².